The number of halogens is 1. The van der Waals surface area contributed by atoms with Gasteiger partial charge >= 0.3 is 0 Å². The molecular formula is C20H32FN3O2S. The van der Waals surface area contributed by atoms with Crippen molar-refractivity contribution in [1.29, 1.82) is 0 Å². The number of nitrogens with zero attached hydrogens (tertiary/aromatic N) is 1. The number of nitrogens with one attached hydrogen (secondary N) is 2. The lowest BCUT2D eigenvalue weighted by Gasteiger charge is -2.35. The van der Waals surface area contributed by atoms with Crippen LogP contribution in [0.1, 0.15) is 45.2 Å². The van der Waals surface area contributed by atoms with Crippen molar-refractivity contribution in [3.8, 4) is 5.75 Å². The molecule has 0 aromatic heterocycles. The zero-order chi connectivity index (χ0) is 19.7. The molecule has 5 nitrogen and oxygen atoms in total. The Balaban J connectivity index is 2.08. The summed E-state index contributed by atoms with van der Waals surface area (Å²) in [5.41, 5.74) is 0.850. The van der Waals surface area contributed by atoms with Crippen molar-refractivity contribution in [1.82, 2.24) is 10.6 Å². The predicted molar refractivity (Wildman–Crippen MR) is 111 cm³/mol. The van der Waals surface area contributed by atoms with E-state index in [1.807, 2.05) is 31.7 Å². The molecule has 1 aromatic rings. The van der Waals surface area contributed by atoms with Crippen LogP contribution in [0.4, 0.5) is 4.39 Å². The third-order valence-corrected chi connectivity index (χ3v) is 6.19. The van der Waals surface area contributed by atoms with Gasteiger partial charge in [0.15, 0.2) is 17.5 Å². The Morgan fingerprint density at radius 3 is 2.70 bits per heavy atom. The van der Waals surface area contributed by atoms with E-state index >= 15 is 0 Å². The molecule has 2 rings (SSSR count). The molecule has 0 radical (unpaired) electrons. The van der Waals surface area contributed by atoms with Gasteiger partial charge in [0, 0.05) is 24.5 Å². The van der Waals surface area contributed by atoms with Crippen LogP contribution >= 0.6 is 11.8 Å². The van der Waals surface area contributed by atoms with E-state index in [2.05, 4.69) is 17.6 Å². The van der Waals surface area contributed by atoms with Crippen LogP contribution in [0, 0.1) is 5.82 Å². The second-order valence-corrected chi connectivity index (χ2v) is 8.42. The van der Waals surface area contributed by atoms with Gasteiger partial charge in [-0.15, -0.1) is 0 Å². The topological polar surface area (TPSA) is 54.9 Å². The van der Waals surface area contributed by atoms with Crippen LogP contribution < -0.4 is 15.4 Å². The smallest absolute Gasteiger partial charge is 0.191 e. The van der Waals surface area contributed by atoms with E-state index in [4.69, 9.17) is 14.5 Å². The Hall–Kier alpha value is -1.47. The molecule has 1 heterocycles. The van der Waals surface area contributed by atoms with Crippen LogP contribution in [0.5, 0.6) is 5.75 Å². The summed E-state index contributed by atoms with van der Waals surface area (Å²) in [6, 6.07) is 4.96. The standard InChI is InChI=1S/C20H32FN3O2S/c1-5-22-19(23-14-20(27-6-2)9-11-26-12-10-20)24-15(3)16-7-8-18(25-4)17(21)13-16/h7-8,13,15H,5-6,9-12,14H2,1-4H3,(H2,22,23,24). The SMILES string of the molecule is CCNC(=NCC1(SCC)CCOCC1)NC(C)c1ccc(OC)c(F)c1. The molecule has 0 spiro atoms. The second kappa shape index (κ2) is 10.8. The Labute approximate surface area is 166 Å². The molecule has 2 N–H and O–H groups in total. The molecule has 27 heavy (non-hydrogen) atoms. The van der Waals surface area contributed by atoms with Gasteiger partial charge < -0.3 is 20.1 Å². The van der Waals surface area contributed by atoms with Crippen LogP contribution in [0.3, 0.4) is 0 Å². The molecule has 1 fully saturated rings. The summed E-state index contributed by atoms with van der Waals surface area (Å²) in [7, 11) is 1.47. The number of guanidine groups is 1. The number of rotatable bonds is 8. The highest BCUT2D eigenvalue weighted by molar-refractivity contribution is 8.00. The van der Waals surface area contributed by atoms with E-state index in [0.717, 1.165) is 56.4 Å². The van der Waals surface area contributed by atoms with Crippen molar-refractivity contribution in [3.63, 3.8) is 0 Å². The van der Waals surface area contributed by atoms with Gasteiger partial charge in [0.1, 0.15) is 0 Å². The molecule has 1 unspecified atom stereocenters. The van der Waals surface area contributed by atoms with Crippen LogP contribution in [0.15, 0.2) is 23.2 Å². The van der Waals surface area contributed by atoms with E-state index in [1.54, 1.807) is 6.07 Å². The quantitative estimate of drug-likeness (QED) is 0.517. The predicted octanol–water partition coefficient (Wildman–Crippen LogP) is 3.75. The molecule has 0 bridgehead atoms. The van der Waals surface area contributed by atoms with E-state index in [1.165, 1.54) is 13.2 Å². The van der Waals surface area contributed by atoms with E-state index < -0.39 is 0 Å². The maximum atomic E-state index is 14.0. The Morgan fingerprint density at radius 1 is 1.37 bits per heavy atom. The van der Waals surface area contributed by atoms with E-state index in [9.17, 15) is 4.39 Å². The molecular weight excluding hydrogens is 365 g/mol. The average Bonchev–Trinajstić information content (AvgIpc) is 2.67. The van der Waals surface area contributed by atoms with Crippen LogP contribution in [-0.2, 0) is 4.74 Å². The molecule has 1 aromatic carbocycles. The first kappa shape index (κ1) is 21.8. The van der Waals surface area contributed by atoms with Gasteiger partial charge in [-0.2, -0.15) is 11.8 Å². The maximum Gasteiger partial charge on any atom is 0.191 e. The van der Waals surface area contributed by atoms with Crippen LogP contribution in [0.2, 0.25) is 0 Å². The Bertz CT molecular complexity index is 616. The highest BCUT2D eigenvalue weighted by atomic mass is 32.2. The van der Waals surface area contributed by atoms with Gasteiger partial charge in [-0.1, -0.05) is 13.0 Å². The van der Waals surface area contributed by atoms with Crippen molar-refractivity contribution < 1.29 is 13.9 Å². The molecule has 0 amide bonds. The minimum atomic E-state index is -0.355. The summed E-state index contributed by atoms with van der Waals surface area (Å²) in [6.45, 7) is 9.34. The van der Waals surface area contributed by atoms with E-state index in [0.29, 0.717) is 0 Å². The fourth-order valence-corrected chi connectivity index (χ4v) is 4.40. The number of hydrogen-bond acceptors (Lipinski definition) is 4. The minimum absolute atomic E-state index is 0.0762. The number of benzene rings is 1. The molecule has 7 heteroatoms. The molecule has 1 atom stereocenters. The van der Waals surface area contributed by atoms with Crippen LogP contribution in [0.25, 0.3) is 0 Å². The maximum absolute atomic E-state index is 14.0. The summed E-state index contributed by atoms with van der Waals surface area (Å²) in [5, 5.41) is 6.69. The zero-order valence-corrected chi connectivity index (χ0v) is 17.6. The fraction of sp³-hybridized carbons (Fsp3) is 0.650. The molecule has 0 aliphatic carbocycles. The Morgan fingerprint density at radius 2 is 2.11 bits per heavy atom. The summed E-state index contributed by atoms with van der Waals surface area (Å²) >= 11 is 1.97. The lowest BCUT2D eigenvalue weighted by molar-refractivity contribution is 0.0793. The first-order valence-electron chi connectivity index (χ1n) is 9.63. The minimum Gasteiger partial charge on any atom is -0.494 e. The average molecular weight is 398 g/mol. The highest BCUT2D eigenvalue weighted by Gasteiger charge is 2.32. The monoisotopic (exact) mass is 397 g/mol. The van der Waals surface area contributed by atoms with Gasteiger partial charge in [0.05, 0.1) is 19.7 Å². The summed E-state index contributed by atoms with van der Waals surface area (Å²) < 4.78 is 24.7. The van der Waals surface area contributed by atoms with Gasteiger partial charge in [0.2, 0.25) is 0 Å². The molecule has 0 saturated carbocycles. The van der Waals surface area contributed by atoms with Crippen molar-refractivity contribution in [2.45, 2.75) is 44.4 Å². The third kappa shape index (κ3) is 6.28. The van der Waals surface area contributed by atoms with Crippen molar-refractivity contribution in [3.05, 3.63) is 29.6 Å². The third-order valence-electron chi connectivity index (χ3n) is 4.75. The molecule has 1 aliphatic rings. The van der Waals surface area contributed by atoms with Crippen molar-refractivity contribution >= 4 is 17.7 Å². The normalized spacial score (nSPS) is 18.0. The van der Waals surface area contributed by atoms with Gasteiger partial charge in [-0.25, -0.2) is 4.39 Å². The molecule has 152 valence electrons. The number of thioether (sulfide) groups is 1. The largest absolute Gasteiger partial charge is 0.494 e. The first-order valence-corrected chi connectivity index (χ1v) is 10.6. The number of aliphatic imine (C=N–C) groups is 1. The summed E-state index contributed by atoms with van der Waals surface area (Å²) in [4.78, 5) is 4.85. The van der Waals surface area contributed by atoms with Gasteiger partial charge in [0.25, 0.3) is 0 Å². The zero-order valence-electron chi connectivity index (χ0n) is 16.8. The second-order valence-electron chi connectivity index (χ2n) is 6.68. The number of methoxy groups -OCH3 is 1. The summed E-state index contributed by atoms with van der Waals surface area (Å²) in [6.07, 6.45) is 2.04. The lowest BCUT2D eigenvalue weighted by atomic mass is 9.99. The van der Waals surface area contributed by atoms with E-state index in [-0.39, 0.29) is 22.4 Å². The van der Waals surface area contributed by atoms with Crippen LogP contribution in [-0.4, -0.2) is 49.9 Å². The Kier molecular flexibility index (Phi) is 8.70. The van der Waals surface area contributed by atoms with Crippen molar-refractivity contribution in [2.24, 2.45) is 4.99 Å². The lowest BCUT2D eigenvalue weighted by Crippen LogP contribution is -2.42. The molecule has 1 saturated heterocycles. The van der Waals surface area contributed by atoms with Gasteiger partial charge in [-0.3, -0.25) is 4.99 Å². The molecule has 1 aliphatic heterocycles. The fourth-order valence-electron chi connectivity index (χ4n) is 3.18. The number of hydrogen-bond donors (Lipinski definition) is 2. The first-order chi connectivity index (χ1) is 13.0. The van der Waals surface area contributed by atoms with Gasteiger partial charge in [-0.05, 0) is 50.1 Å². The van der Waals surface area contributed by atoms with Crippen molar-refractivity contribution in [2.75, 3.05) is 39.2 Å². The number of ether oxygens (including phenoxy) is 2. The highest BCUT2D eigenvalue weighted by Crippen LogP contribution is 2.35. The summed E-state index contributed by atoms with van der Waals surface area (Å²) in [5.74, 6) is 1.72.